The Bertz CT molecular complexity index is 1160. The molecule has 0 atom stereocenters. The standard InChI is InChI=1S/C20H22F3N5O3S/c1-13-8-17(20(21,22)23)24-28(13)16-4-2-14(3-5-16)15-9-26(10-15)18(29)27-11-19(12-27)6-7-32(30,31)25-19/h2-5,8,15,25H,6-7,9-12H2,1H3. The van der Waals surface area contributed by atoms with Gasteiger partial charge >= 0.3 is 12.2 Å². The fourth-order valence-electron chi connectivity index (χ4n) is 4.61. The van der Waals surface area contributed by atoms with Crippen molar-refractivity contribution in [2.75, 3.05) is 31.9 Å². The minimum absolute atomic E-state index is 0.0959. The zero-order chi connectivity index (χ0) is 22.9. The van der Waals surface area contributed by atoms with Gasteiger partial charge < -0.3 is 9.80 Å². The lowest BCUT2D eigenvalue weighted by Gasteiger charge is -2.51. The minimum atomic E-state index is -4.49. The van der Waals surface area contributed by atoms with E-state index in [9.17, 15) is 26.4 Å². The van der Waals surface area contributed by atoms with Crippen LogP contribution < -0.4 is 4.72 Å². The molecule has 0 aliphatic carbocycles. The highest BCUT2D eigenvalue weighted by molar-refractivity contribution is 7.89. The molecule has 3 saturated heterocycles. The zero-order valence-corrected chi connectivity index (χ0v) is 18.1. The summed E-state index contributed by atoms with van der Waals surface area (Å²) in [5, 5.41) is 3.66. The molecule has 3 aliphatic rings. The first-order valence-corrected chi connectivity index (χ1v) is 11.9. The Labute approximate surface area is 183 Å². The van der Waals surface area contributed by atoms with Crippen LogP contribution in [0, 0.1) is 6.92 Å². The second-order valence-corrected chi connectivity index (χ2v) is 10.7. The maximum atomic E-state index is 12.9. The van der Waals surface area contributed by atoms with Crippen LogP contribution in [0.3, 0.4) is 0 Å². The van der Waals surface area contributed by atoms with Gasteiger partial charge in [-0.25, -0.2) is 22.6 Å². The molecule has 4 heterocycles. The van der Waals surface area contributed by atoms with Gasteiger partial charge in [0.25, 0.3) is 0 Å². The van der Waals surface area contributed by atoms with E-state index < -0.39 is 27.4 Å². The minimum Gasteiger partial charge on any atom is -0.323 e. The normalized spacial score (nSPS) is 22.1. The van der Waals surface area contributed by atoms with Gasteiger partial charge in [0, 0.05) is 37.8 Å². The largest absolute Gasteiger partial charge is 0.435 e. The van der Waals surface area contributed by atoms with Crippen molar-refractivity contribution >= 4 is 16.1 Å². The summed E-state index contributed by atoms with van der Waals surface area (Å²) in [6.45, 7) is 3.45. The smallest absolute Gasteiger partial charge is 0.323 e. The Morgan fingerprint density at radius 1 is 1.16 bits per heavy atom. The second-order valence-electron chi connectivity index (χ2n) is 8.86. The monoisotopic (exact) mass is 469 g/mol. The van der Waals surface area contributed by atoms with Gasteiger partial charge in [0.05, 0.1) is 17.0 Å². The van der Waals surface area contributed by atoms with Crippen LogP contribution in [0.4, 0.5) is 18.0 Å². The van der Waals surface area contributed by atoms with Crippen LogP contribution in [0.25, 0.3) is 5.69 Å². The second kappa shape index (κ2) is 6.95. The number of likely N-dealkylation sites (tertiary alicyclic amines) is 2. The molecular formula is C20H22F3N5O3S. The number of halogens is 3. The number of aromatic nitrogens is 2. The lowest BCUT2D eigenvalue weighted by Crippen LogP contribution is -2.71. The molecule has 5 rings (SSSR count). The maximum Gasteiger partial charge on any atom is 0.435 e. The molecule has 0 bridgehead atoms. The summed E-state index contributed by atoms with van der Waals surface area (Å²) < 4.78 is 65.8. The molecule has 172 valence electrons. The molecule has 1 aromatic carbocycles. The van der Waals surface area contributed by atoms with Crippen molar-refractivity contribution in [2.24, 2.45) is 0 Å². The predicted octanol–water partition coefficient (Wildman–Crippen LogP) is 2.10. The summed E-state index contributed by atoms with van der Waals surface area (Å²) in [5.41, 5.74) is 0.513. The van der Waals surface area contributed by atoms with Crippen molar-refractivity contribution in [1.29, 1.82) is 0 Å². The zero-order valence-electron chi connectivity index (χ0n) is 17.3. The van der Waals surface area contributed by atoms with Gasteiger partial charge in [0.2, 0.25) is 10.0 Å². The van der Waals surface area contributed by atoms with Gasteiger partial charge in [-0.2, -0.15) is 18.3 Å². The molecule has 1 N–H and O–H groups in total. The number of aryl methyl sites for hydroxylation is 1. The molecule has 0 radical (unpaired) electrons. The van der Waals surface area contributed by atoms with Gasteiger partial charge in [0.1, 0.15) is 0 Å². The number of rotatable bonds is 2. The lowest BCUT2D eigenvalue weighted by molar-refractivity contribution is -0.141. The van der Waals surface area contributed by atoms with E-state index >= 15 is 0 Å². The highest BCUT2D eigenvalue weighted by Gasteiger charge is 2.53. The summed E-state index contributed by atoms with van der Waals surface area (Å²) >= 11 is 0. The Balaban J connectivity index is 1.17. The molecule has 12 heteroatoms. The van der Waals surface area contributed by atoms with E-state index in [2.05, 4.69) is 9.82 Å². The van der Waals surface area contributed by atoms with Crippen LogP contribution in [0.2, 0.25) is 0 Å². The number of carbonyl (C=O) groups excluding carboxylic acids is 1. The van der Waals surface area contributed by atoms with E-state index in [1.54, 1.807) is 28.9 Å². The first-order valence-electron chi connectivity index (χ1n) is 10.2. The fourth-order valence-corrected chi connectivity index (χ4v) is 6.26. The SMILES string of the molecule is Cc1cc(C(F)(F)F)nn1-c1ccc(C2CN(C(=O)N3CC4(CCS(=O)(=O)N4)C3)C2)cc1. The van der Waals surface area contributed by atoms with Gasteiger partial charge in [0.15, 0.2) is 5.69 Å². The van der Waals surface area contributed by atoms with Crippen LogP contribution in [0.5, 0.6) is 0 Å². The van der Waals surface area contributed by atoms with Crippen LogP contribution in [-0.2, 0) is 16.2 Å². The van der Waals surface area contributed by atoms with E-state index in [1.165, 1.54) is 4.68 Å². The third-order valence-corrected chi connectivity index (χ3v) is 7.90. The Morgan fingerprint density at radius 3 is 2.34 bits per heavy atom. The van der Waals surface area contributed by atoms with Gasteiger partial charge in [-0.05, 0) is 37.1 Å². The molecule has 8 nitrogen and oxygen atoms in total. The Morgan fingerprint density at radius 2 is 1.81 bits per heavy atom. The first kappa shape index (κ1) is 21.3. The molecule has 1 spiro atoms. The number of hydrogen-bond donors (Lipinski definition) is 1. The number of hydrogen-bond acceptors (Lipinski definition) is 4. The topological polar surface area (TPSA) is 87.5 Å². The van der Waals surface area contributed by atoms with Crippen LogP contribution in [0.15, 0.2) is 30.3 Å². The summed E-state index contributed by atoms with van der Waals surface area (Å²) in [6.07, 6.45) is -3.97. The van der Waals surface area contributed by atoms with E-state index in [0.717, 1.165) is 11.6 Å². The molecule has 0 unspecified atom stereocenters. The average molecular weight is 469 g/mol. The molecule has 2 amide bonds. The number of amides is 2. The molecule has 3 fully saturated rings. The van der Waals surface area contributed by atoms with Crippen molar-refractivity contribution in [3.8, 4) is 5.69 Å². The summed E-state index contributed by atoms with van der Waals surface area (Å²) in [7, 11) is -3.22. The van der Waals surface area contributed by atoms with Crippen molar-refractivity contribution in [1.82, 2.24) is 24.3 Å². The van der Waals surface area contributed by atoms with Gasteiger partial charge in [-0.15, -0.1) is 0 Å². The fraction of sp³-hybridized carbons (Fsp3) is 0.500. The number of nitrogens with zero attached hydrogens (tertiary/aromatic N) is 4. The van der Waals surface area contributed by atoms with Crippen LogP contribution in [-0.4, -0.2) is 71.5 Å². The maximum absolute atomic E-state index is 12.9. The third-order valence-electron chi connectivity index (χ3n) is 6.42. The van der Waals surface area contributed by atoms with E-state index in [1.807, 2.05) is 12.1 Å². The van der Waals surface area contributed by atoms with E-state index in [4.69, 9.17) is 0 Å². The first-order chi connectivity index (χ1) is 14.9. The molecule has 0 saturated carbocycles. The lowest BCUT2D eigenvalue weighted by atomic mass is 9.87. The highest BCUT2D eigenvalue weighted by atomic mass is 32.2. The molecule has 3 aliphatic heterocycles. The predicted molar refractivity (Wildman–Crippen MR) is 109 cm³/mol. The number of benzene rings is 1. The highest BCUT2D eigenvalue weighted by Crippen LogP contribution is 2.35. The van der Waals surface area contributed by atoms with Gasteiger partial charge in [-0.1, -0.05) is 12.1 Å². The van der Waals surface area contributed by atoms with Crippen molar-refractivity contribution in [3.05, 3.63) is 47.3 Å². The summed E-state index contributed by atoms with van der Waals surface area (Å²) in [6, 6.07) is 8.07. The summed E-state index contributed by atoms with van der Waals surface area (Å²) in [5.74, 6) is 0.254. The molecule has 32 heavy (non-hydrogen) atoms. The van der Waals surface area contributed by atoms with Gasteiger partial charge in [-0.3, -0.25) is 0 Å². The number of nitrogens with one attached hydrogen (secondary N) is 1. The number of alkyl halides is 3. The van der Waals surface area contributed by atoms with Crippen LogP contribution in [0.1, 0.15) is 29.3 Å². The summed E-state index contributed by atoms with van der Waals surface area (Å²) in [4.78, 5) is 16.0. The number of carbonyl (C=O) groups is 1. The third kappa shape index (κ3) is 3.64. The number of sulfonamides is 1. The van der Waals surface area contributed by atoms with Crippen molar-refractivity contribution < 1.29 is 26.4 Å². The molecule has 1 aromatic heterocycles. The Hall–Kier alpha value is -2.60. The van der Waals surface area contributed by atoms with E-state index in [0.29, 0.717) is 44.0 Å². The van der Waals surface area contributed by atoms with E-state index in [-0.39, 0.29) is 17.7 Å². The molecular weight excluding hydrogens is 447 g/mol. The molecule has 2 aromatic rings. The van der Waals surface area contributed by atoms with Crippen molar-refractivity contribution in [2.45, 2.75) is 31.0 Å². The quantitative estimate of drug-likeness (QED) is 0.730. The van der Waals surface area contributed by atoms with Crippen molar-refractivity contribution in [3.63, 3.8) is 0 Å². The Kier molecular flexibility index (Phi) is 4.61. The van der Waals surface area contributed by atoms with Crippen LogP contribution >= 0.6 is 0 Å². The average Bonchev–Trinajstić information content (AvgIpc) is 3.19. The number of urea groups is 1.